The van der Waals surface area contributed by atoms with Crippen LogP contribution < -0.4 is 11.1 Å². The third-order valence-electron chi connectivity index (χ3n) is 3.10. The Labute approximate surface area is 94.7 Å². The van der Waals surface area contributed by atoms with Crippen LogP contribution in [0, 0.1) is 11.3 Å². The number of nitriles is 1. The smallest absolute Gasteiger partial charge is 0.224 e. The van der Waals surface area contributed by atoms with E-state index < -0.39 is 0 Å². The summed E-state index contributed by atoms with van der Waals surface area (Å²) >= 11 is 0. The summed E-state index contributed by atoms with van der Waals surface area (Å²) in [6.07, 6.45) is 6.05. The van der Waals surface area contributed by atoms with Crippen LogP contribution in [0.15, 0.2) is 12.3 Å². The summed E-state index contributed by atoms with van der Waals surface area (Å²) < 4.78 is 0. The van der Waals surface area contributed by atoms with Crippen LogP contribution in [0.2, 0.25) is 0 Å². The zero-order valence-electron chi connectivity index (χ0n) is 9.11. The first-order valence-corrected chi connectivity index (χ1v) is 5.49. The van der Waals surface area contributed by atoms with Crippen molar-refractivity contribution >= 4 is 5.95 Å². The van der Waals surface area contributed by atoms with Gasteiger partial charge in [0.15, 0.2) is 0 Å². The number of hydrogen-bond acceptors (Lipinski definition) is 5. The number of nitrogens with two attached hydrogens (primary N) is 1. The van der Waals surface area contributed by atoms with E-state index in [2.05, 4.69) is 15.3 Å². The van der Waals surface area contributed by atoms with Crippen molar-refractivity contribution in [2.24, 2.45) is 5.73 Å². The largest absolute Gasteiger partial charge is 0.347 e. The number of hydrogen-bond donors (Lipinski definition) is 2. The van der Waals surface area contributed by atoms with Gasteiger partial charge in [-0.1, -0.05) is 12.8 Å². The monoisotopic (exact) mass is 217 g/mol. The molecule has 0 amide bonds. The van der Waals surface area contributed by atoms with E-state index >= 15 is 0 Å². The standard InChI is InChI=1S/C11H15N5/c12-7-9-3-6-14-10(15-9)16-11(8-13)4-1-2-5-11/h3,6H,1-2,4-5,8,13H2,(H,14,15,16). The van der Waals surface area contributed by atoms with E-state index in [4.69, 9.17) is 11.0 Å². The van der Waals surface area contributed by atoms with Gasteiger partial charge in [0.2, 0.25) is 5.95 Å². The Bertz CT molecular complexity index is 403. The van der Waals surface area contributed by atoms with Crippen molar-refractivity contribution in [1.82, 2.24) is 9.97 Å². The number of nitrogens with one attached hydrogen (secondary N) is 1. The molecule has 16 heavy (non-hydrogen) atoms. The molecule has 0 spiro atoms. The van der Waals surface area contributed by atoms with Crippen molar-refractivity contribution in [2.45, 2.75) is 31.2 Å². The molecule has 1 aliphatic rings. The fourth-order valence-corrected chi connectivity index (χ4v) is 2.15. The highest BCUT2D eigenvalue weighted by Gasteiger charge is 2.32. The summed E-state index contributed by atoms with van der Waals surface area (Å²) in [7, 11) is 0. The first-order valence-electron chi connectivity index (χ1n) is 5.49. The summed E-state index contributed by atoms with van der Waals surface area (Å²) in [5.41, 5.74) is 6.11. The van der Waals surface area contributed by atoms with E-state index in [1.807, 2.05) is 6.07 Å². The fraction of sp³-hybridized carbons (Fsp3) is 0.545. The molecule has 0 aliphatic heterocycles. The number of rotatable bonds is 3. The van der Waals surface area contributed by atoms with Gasteiger partial charge in [-0.25, -0.2) is 9.97 Å². The fourth-order valence-electron chi connectivity index (χ4n) is 2.15. The van der Waals surface area contributed by atoms with E-state index in [0.717, 1.165) is 12.8 Å². The van der Waals surface area contributed by atoms with Gasteiger partial charge in [0.25, 0.3) is 0 Å². The maximum absolute atomic E-state index is 8.75. The zero-order chi connectivity index (χ0) is 11.4. The number of aromatic nitrogens is 2. The Kier molecular flexibility index (Phi) is 3.02. The van der Waals surface area contributed by atoms with Gasteiger partial charge in [-0.2, -0.15) is 5.26 Å². The molecule has 1 saturated carbocycles. The average molecular weight is 217 g/mol. The lowest BCUT2D eigenvalue weighted by molar-refractivity contribution is 0.489. The van der Waals surface area contributed by atoms with Crippen LogP contribution >= 0.6 is 0 Å². The predicted molar refractivity (Wildman–Crippen MR) is 60.6 cm³/mol. The maximum Gasteiger partial charge on any atom is 0.224 e. The highest BCUT2D eigenvalue weighted by molar-refractivity contribution is 5.34. The van der Waals surface area contributed by atoms with Gasteiger partial charge in [0.1, 0.15) is 11.8 Å². The first kappa shape index (κ1) is 10.8. The normalized spacial score (nSPS) is 18.0. The minimum atomic E-state index is -0.0753. The lowest BCUT2D eigenvalue weighted by Crippen LogP contribution is -2.43. The lowest BCUT2D eigenvalue weighted by Gasteiger charge is -2.28. The third-order valence-corrected chi connectivity index (χ3v) is 3.10. The van der Waals surface area contributed by atoms with Crippen molar-refractivity contribution in [3.8, 4) is 6.07 Å². The van der Waals surface area contributed by atoms with Crippen LogP contribution in [0.25, 0.3) is 0 Å². The summed E-state index contributed by atoms with van der Waals surface area (Å²) in [6, 6.07) is 3.59. The van der Waals surface area contributed by atoms with E-state index in [9.17, 15) is 0 Å². The van der Waals surface area contributed by atoms with Crippen LogP contribution in [-0.4, -0.2) is 22.1 Å². The van der Waals surface area contributed by atoms with Gasteiger partial charge in [-0.3, -0.25) is 0 Å². The van der Waals surface area contributed by atoms with Crippen molar-refractivity contribution in [2.75, 3.05) is 11.9 Å². The topological polar surface area (TPSA) is 87.6 Å². The van der Waals surface area contributed by atoms with Crippen LogP contribution in [-0.2, 0) is 0 Å². The third kappa shape index (κ3) is 2.12. The Morgan fingerprint density at radius 3 is 2.88 bits per heavy atom. The maximum atomic E-state index is 8.75. The van der Waals surface area contributed by atoms with Crippen LogP contribution in [0.4, 0.5) is 5.95 Å². The second-order valence-corrected chi connectivity index (χ2v) is 4.19. The molecule has 0 aromatic carbocycles. The van der Waals surface area contributed by atoms with E-state index in [-0.39, 0.29) is 5.54 Å². The summed E-state index contributed by atoms with van der Waals surface area (Å²) in [4.78, 5) is 8.22. The van der Waals surface area contributed by atoms with Gasteiger partial charge < -0.3 is 11.1 Å². The highest BCUT2D eigenvalue weighted by atomic mass is 15.2. The highest BCUT2D eigenvalue weighted by Crippen LogP contribution is 2.31. The van der Waals surface area contributed by atoms with E-state index in [0.29, 0.717) is 18.2 Å². The van der Waals surface area contributed by atoms with Gasteiger partial charge in [-0.05, 0) is 18.9 Å². The molecule has 1 heterocycles. The number of nitrogens with zero attached hydrogens (tertiary/aromatic N) is 3. The molecule has 0 unspecified atom stereocenters. The quantitative estimate of drug-likeness (QED) is 0.789. The molecule has 84 valence electrons. The van der Waals surface area contributed by atoms with Gasteiger partial charge in [0.05, 0.1) is 5.54 Å². The molecule has 0 radical (unpaired) electrons. The molecule has 3 N–H and O–H groups in total. The minimum Gasteiger partial charge on any atom is -0.347 e. The minimum absolute atomic E-state index is 0.0753. The second kappa shape index (κ2) is 4.45. The molecule has 1 fully saturated rings. The molecule has 1 aromatic rings. The Hall–Kier alpha value is -1.67. The van der Waals surface area contributed by atoms with Crippen LogP contribution in [0.1, 0.15) is 31.4 Å². The van der Waals surface area contributed by atoms with E-state index in [1.165, 1.54) is 12.8 Å². The molecule has 2 rings (SSSR count). The second-order valence-electron chi connectivity index (χ2n) is 4.19. The van der Waals surface area contributed by atoms with Crippen molar-refractivity contribution in [1.29, 1.82) is 5.26 Å². The Morgan fingerprint density at radius 2 is 2.25 bits per heavy atom. The molecular formula is C11H15N5. The Balaban J connectivity index is 2.16. The van der Waals surface area contributed by atoms with Crippen molar-refractivity contribution in [3.63, 3.8) is 0 Å². The van der Waals surface area contributed by atoms with Gasteiger partial charge in [-0.15, -0.1) is 0 Å². The SMILES string of the molecule is N#Cc1ccnc(NC2(CN)CCCC2)n1. The van der Waals surface area contributed by atoms with Crippen molar-refractivity contribution in [3.05, 3.63) is 18.0 Å². The Morgan fingerprint density at radius 1 is 1.50 bits per heavy atom. The first-order chi connectivity index (χ1) is 7.78. The molecule has 5 heteroatoms. The van der Waals surface area contributed by atoms with Crippen molar-refractivity contribution < 1.29 is 0 Å². The van der Waals surface area contributed by atoms with Crippen LogP contribution in [0.5, 0.6) is 0 Å². The summed E-state index contributed by atoms with van der Waals surface area (Å²) in [6.45, 7) is 0.577. The molecular weight excluding hydrogens is 202 g/mol. The summed E-state index contributed by atoms with van der Waals surface area (Å²) in [5, 5.41) is 12.0. The number of anilines is 1. The molecule has 1 aromatic heterocycles. The molecule has 0 atom stereocenters. The van der Waals surface area contributed by atoms with Gasteiger partial charge >= 0.3 is 0 Å². The molecule has 1 aliphatic carbocycles. The van der Waals surface area contributed by atoms with E-state index in [1.54, 1.807) is 12.3 Å². The lowest BCUT2D eigenvalue weighted by atomic mass is 9.98. The predicted octanol–water partition coefficient (Wildman–Crippen LogP) is 1.03. The molecule has 0 saturated heterocycles. The average Bonchev–Trinajstić information content (AvgIpc) is 2.78. The summed E-state index contributed by atoms with van der Waals surface area (Å²) in [5.74, 6) is 0.506. The zero-order valence-corrected chi connectivity index (χ0v) is 9.11. The van der Waals surface area contributed by atoms with Gasteiger partial charge in [0, 0.05) is 12.7 Å². The van der Waals surface area contributed by atoms with Crippen LogP contribution in [0.3, 0.4) is 0 Å². The molecule has 5 nitrogen and oxygen atoms in total. The molecule has 0 bridgehead atoms.